The molecule has 0 aromatic carbocycles. The topological polar surface area (TPSA) is 38.3 Å². The van der Waals surface area contributed by atoms with Crippen molar-refractivity contribution in [1.82, 2.24) is 5.32 Å². The molecule has 5 rings (SSSR count). The zero-order valence-corrected chi connectivity index (χ0v) is 21.1. The SMILES string of the molecule is CCCC1(C)/C(=C\C=O)CCC2C3CCC4(CC(C)=C3CC21)OC1C[C@H](C)CNC1C4C. The summed E-state index contributed by atoms with van der Waals surface area (Å²) in [5.41, 5.74) is 5.08. The van der Waals surface area contributed by atoms with Crippen molar-refractivity contribution < 1.29 is 9.53 Å². The van der Waals surface area contributed by atoms with Gasteiger partial charge in [-0.25, -0.2) is 0 Å². The maximum atomic E-state index is 11.4. The lowest BCUT2D eigenvalue weighted by molar-refractivity contribution is -0.104. The number of nitrogens with one attached hydrogen (secondary N) is 1. The van der Waals surface area contributed by atoms with E-state index in [2.05, 4.69) is 39.9 Å². The second kappa shape index (κ2) is 8.38. The Morgan fingerprint density at radius 3 is 2.81 bits per heavy atom. The molecule has 3 aliphatic carbocycles. The van der Waals surface area contributed by atoms with Gasteiger partial charge in [-0.1, -0.05) is 50.8 Å². The lowest BCUT2D eigenvalue weighted by atomic mass is 9.58. The van der Waals surface area contributed by atoms with E-state index in [9.17, 15) is 4.79 Å². The molecule has 178 valence electrons. The van der Waals surface area contributed by atoms with E-state index in [1.807, 2.05) is 6.08 Å². The fourth-order valence-corrected chi connectivity index (χ4v) is 9.12. The predicted molar refractivity (Wildman–Crippen MR) is 130 cm³/mol. The second-order valence-electron chi connectivity index (χ2n) is 12.4. The first-order valence-electron chi connectivity index (χ1n) is 13.6. The number of carbonyl (C=O) groups excluding carboxylic acids is 1. The zero-order valence-electron chi connectivity index (χ0n) is 21.1. The van der Waals surface area contributed by atoms with Crippen LogP contribution in [-0.4, -0.2) is 30.6 Å². The highest BCUT2D eigenvalue weighted by molar-refractivity contribution is 5.66. The number of carbonyl (C=O) groups is 1. The Bertz CT molecular complexity index is 814. The van der Waals surface area contributed by atoms with Crippen LogP contribution in [0, 0.1) is 35.0 Å². The Kier molecular flexibility index (Phi) is 5.98. The van der Waals surface area contributed by atoms with Crippen molar-refractivity contribution in [3.05, 3.63) is 22.8 Å². The van der Waals surface area contributed by atoms with Gasteiger partial charge >= 0.3 is 0 Å². The van der Waals surface area contributed by atoms with Crippen molar-refractivity contribution in [3.63, 3.8) is 0 Å². The fraction of sp³-hybridized carbons (Fsp3) is 0.828. The van der Waals surface area contributed by atoms with E-state index in [0.29, 0.717) is 24.0 Å². The summed E-state index contributed by atoms with van der Waals surface area (Å²) in [7, 11) is 0. The van der Waals surface area contributed by atoms with Crippen molar-refractivity contribution in [2.45, 2.75) is 110 Å². The van der Waals surface area contributed by atoms with E-state index in [4.69, 9.17) is 4.74 Å². The number of rotatable bonds is 3. The summed E-state index contributed by atoms with van der Waals surface area (Å²) in [4.78, 5) is 11.4. The van der Waals surface area contributed by atoms with Gasteiger partial charge < -0.3 is 10.1 Å². The van der Waals surface area contributed by atoms with Crippen LogP contribution in [-0.2, 0) is 9.53 Å². The maximum absolute atomic E-state index is 11.4. The molecule has 0 aromatic heterocycles. The molecule has 2 aliphatic heterocycles. The van der Waals surface area contributed by atoms with Gasteiger partial charge in [0.05, 0.1) is 11.7 Å². The minimum absolute atomic E-state index is 0.0350. The third-order valence-electron chi connectivity index (χ3n) is 10.7. The molecule has 9 atom stereocenters. The molecule has 2 saturated carbocycles. The van der Waals surface area contributed by atoms with Gasteiger partial charge in [-0.2, -0.15) is 0 Å². The van der Waals surface area contributed by atoms with Crippen LogP contribution in [0.15, 0.2) is 22.8 Å². The van der Waals surface area contributed by atoms with E-state index < -0.39 is 0 Å². The third kappa shape index (κ3) is 3.40. The van der Waals surface area contributed by atoms with Crippen LogP contribution in [0.25, 0.3) is 0 Å². The Morgan fingerprint density at radius 1 is 1.25 bits per heavy atom. The normalized spacial score (nSPS) is 49.7. The van der Waals surface area contributed by atoms with Crippen molar-refractivity contribution in [1.29, 1.82) is 0 Å². The number of hydrogen-bond acceptors (Lipinski definition) is 3. The molecule has 3 heteroatoms. The molecule has 0 amide bonds. The molecule has 1 spiro atoms. The smallest absolute Gasteiger partial charge is 0.142 e. The van der Waals surface area contributed by atoms with Crippen molar-refractivity contribution >= 4 is 6.29 Å². The monoisotopic (exact) mass is 439 g/mol. The Morgan fingerprint density at radius 2 is 2.06 bits per heavy atom. The van der Waals surface area contributed by atoms with Gasteiger partial charge in [0.1, 0.15) is 6.29 Å². The average molecular weight is 440 g/mol. The van der Waals surface area contributed by atoms with Crippen LogP contribution in [0.1, 0.15) is 92.4 Å². The minimum atomic E-state index is 0.0350. The molecule has 2 saturated heterocycles. The van der Waals surface area contributed by atoms with Gasteiger partial charge in [0.2, 0.25) is 0 Å². The van der Waals surface area contributed by atoms with Crippen LogP contribution < -0.4 is 5.32 Å². The maximum Gasteiger partial charge on any atom is 0.142 e. The quantitative estimate of drug-likeness (QED) is 0.321. The number of ether oxygens (including phenoxy) is 1. The van der Waals surface area contributed by atoms with E-state index in [1.54, 1.807) is 11.1 Å². The third-order valence-corrected chi connectivity index (χ3v) is 10.7. The van der Waals surface area contributed by atoms with E-state index in [1.165, 1.54) is 50.5 Å². The summed E-state index contributed by atoms with van der Waals surface area (Å²) in [6.45, 7) is 13.2. The first kappa shape index (κ1) is 22.8. The van der Waals surface area contributed by atoms with Crippen LogP contribution >= 0.6 is 0 Å². The first-order valence-corrected chi connectivity index (χ1v) is 13.6. The van der Waals surface area contributed by atoms with Crippen LogP contribution in [0.4, 0.5) is 0 Å². The number of hydrogen-bond donors (Lipinski definition) is 1. The number of aldehydes is 1. The lowest BCUT2D eigenvalue weighted by Crippen LogP contribution is -2.48. The molecule has 32 heavy (non-hydrogen) atoms. The van der Waals surface area contributed by atoms with Crippen LogP contribution in [0.5, 0.6) is 0 Å². The molecule has 0 aromatic rings. The predicted octanol–water partition coefficient (Wildman–Crippen LogP) is 6.24. The van der Waals surface area contributed by atoms with Crippen molar-refractivity contribution in [3.8, 4) is 0 Å². The fourth-order valence-electron chi connectivity index (χ4n) is 9.12. The Hall–Kier alpha value is -0.930. The number of piperidine rings is 1. The molecule has 1 N–H and O–H groups in total. The Labute approximate surface area is 195 Å². The molecular formula is C29H45NO2. The van der Waals surface area contributed by atoms with Gasteiger partial charge in [0, 0.05) is 12.0 Å². The van der Waals surface area contributed by atoms with E-state index in [0.717, 1.165) is 43.4 Å². The summed E-state index contributed by atoms with van der Waals surface area (Å²) < 4.78 is 7.01. The number of fused-ring (bicyclic) bond motifs is 4. The molecule has 5 aliphatic rings. The first-order chi connectivity index (χ1) is 15.3. The van der Waals surface area contributed by atoms with E-state index in [-0.39, 0.29) is 11.0 Å². The number of allylic oxidation sites excluding steroid dienone is 3. The molecule has 3 nitrogen and oxygen atoms in total. The van der Waals surface area contributed by atoms with Crippen LogP contribution in [0.2, 0.25) is 0 Å². The van der Waals surface area contributed by atoms with Gasteiger partial charge in [0.15, 0.2) is 0 Å². The summed E-state index contributed by atoms with van der Waals surface area (Å²) in [6, 6.07) is 0.535. The average Bonchev–Trinajstić information content (AvgIpc) is 3.21. The van der Waals surface area contributed by atoms with Gasteiger partial charge in [-0.05, 0) is 100.0 Å². The standard InChI is InChI=1S/C29H45NO2/c1-6-11-28(5)21(10-13-31)7-8-23-22-9-12-29(16-19(3)24(22)15-25(23)28)20(4)27-26(32-29)14-18(2)17-30-27/h10,13,18,20,22-23,25-27,30H,6-9,11-12,14-17H2,1-5H3/b21-10-/t18-,20?,22?,23?,25?,26?,27?,28?,29?/m0/s1. The molecular weight excluding hydrogens is 394 g/mol. The summed E-state index contributed by atoms with van der Waals surface area (Å²) in [5.74, 6) is 3.53. The highest BCUT2D eigenvalue weighted by Gasteiger charge is 2.57. The van der Waals surface area contributed by atoms with Gasteiger partial charge in [-0.3, -0.25) is 4.79 Å². The minimum Gasteiger partial charge on any atom is -0.369 e. The van der Waals surface area contributed by atoms with Gasteiger partial charge in [-0.15, -0.1) is 0 Å². The molecule has 0 radical (unpaired) electrons. The molecule has 4 fully saturated rings. The van der Waals surface area contributed by atoms with Crippen molar-refractivity contribution in [2.75, 3.05) is 6.54 Å². The largest absolute Gasteiger partial charge is 0.369 e. The highest BCUT2D eigenvalue weighted by atomic mass is 16.5. The lowest BCUT2D eigenvalue weighted by Gasteiger charge is -2.46. The highest BCUT2D eigenvalue weighted by Crippen LogP contribution is 2.63. The van der Waals surface area contributed by atoms with E-state index >= 15 is 0 Å². The Balaban J connectivity index is 1.44. The zero-order chi connectivity index (χ0) is 22.7. The summed E-state index contributed by atoms with van der Waals surface area (Å²) in [6.07, 6.45) is 14.2. The summed E-state index contributed by atoms with van der Waals surface area (Å²) in [5, 5.41) is 3.85. The van der Waals surface area contributed by atoms with Gasteiger partial charge in [0.25, 0.3) is 0 Å². The molecule has 2 heterocycles. The second-order valence-corrected chi connectivity index (χ2v) is 12.4. The summed E-state index contributed by atoms with van der Waals surface area (Å²) >= 11 is 0. The molecule has 0 bridgehead atoms. The van der Waals surface area contributed by atoms with Crippen molar-refractivity contribution in [2.24, 2.45) is 35.0 Å². The van der Waals surface area contributed by atoms with Crippen LogP contribution in [0.3, 0.4) is 0 Å². The molecule has 8 unspecified atom stereocenters.